The van der Waals surface area contributed by atoms with E-state index in [9.17, 15) is 4.79 Å². The summed E-state index contributed by atoms with van der Waals surface area (Å²) < 4.78 is 5.13. The van der Waals surface area contributed by atoms with Gasteiger partial charge in [0.15, 0.2) is 0 Å². The molecule has 0 amide bonds. The lowest BCUT2D eigenvalue weighted by atomic mass is 9.87. The molecule has 2 nitrogen and oxygen atoms in total. The maximum Gasteiger partial charge on any atom is 0.339 e. The summed E-state index contributed by atoms with van der Waals surface area (Å²) in [4.78, 5) is 11.7. The molecule has 1 aromatic carbocycles. The van der Waals surface area contributed by atoms with Crippen LogP contribution in [0.1, 0.15) is 16.9 Å². The Morgan fingerprint density at radius 1 is 1.12 bits per heavy atom. The first-order chi connectivity index (χ1) is 7.75. The molecule has 0 N–H and O–H groups in total. The highest BCUT2D eigenvalue weighted by molar-refractivity contribution is 5.72. The third-order valence-corrected chi connectivity index (χ3v) is 3.12. The molecule has 2 heteroatoms. The van der Waals surface area contributed by atoms with Gasteiger partial charge in [0.1, 0.15) is 5.76 Å². The molecule has 0 unspecified atom stereocenters. The molecular weight excluding hydrogens is 200 g/mol. The largest absolute Gasteiger partial charge is 0.428 e. The van der Waals surface area contributed by atoms with Gasteiger partial charge in [-0.15, -0.1) is 0 Å². The maximum absolute atomic E-state index is 11.7. The first kappa shape index (κ1) is 9.40. The molecule has 16 heavy (non-hydrogen) atoms. The van der Waals surface area contributed by atoms with Gasteiger partial charge in [0.2, 0.25) is 0 Å². The van der Waals surface area contributed by atoms with Crippen molar-refractivity contribution in [1.82, 2.24) is 0 Å². The molecule has 0 radical (unpaired) electrons. The number of benzene rings is 1. The molecule has 0 atom stereocenters. The van der Waals surface area contributed by atoms with Crippen LogP contribution in [0.3, 0.4) is 0 Å². The van der Waals surface area contributed by atoms with Gasteiger partial charge >= 0.3 is 5.63 Å². The van der Waals surface area contributed by atoms with Gasteiger partial charge in [-0.1, -0.05) is 24.3 Å². The van der Waals surface area contributed by atoms with Crippen molar-refractivity contribution in [3.8, 4) is 11.1 Å². The smallest absolute Gasteiger partial charge is 0.339 e. The predicted molar refractivity (Wildman–Crippen MR) is 62.6 cm³/mol. The van der Waals surface area contributed by atoms with E-state index in [1.807, 2.05) is 25.1 Å². The summed E-state index contributed by atoms with van der Waals surface area (Å²) in [5.74, 6) is 0.681. The Balaban J connectivity index is 2.36. The molecule has 1 aromatic heterocycles. The Labute approximate surface area is 93.5 Å². The van der Waals surface area contributed by atoms with E-state index in [0.29, 0.717) is 5.76 Å². The molecule has 0 fully saturated rings. The van der Waals surface area contributed by atoms with E-state index in [0.717, 1.165) is 24.0 Å². The van der Waals surface area contributed by atoms with Crippen molar-refractivity contribution >= 4 is 0 Å². The number of hydrogen-bond donors (Lipinski definition) is 0. The average Bonchev–Trinajstić information content (AvgIpc) is 2.28. The third-order valence-electron chi connectivity index (χ3n) is 3.12. The predicted octanol–water partition coefficient (Wildman–Crippen LogP) is 2.71. The molecule has 0 spiro atoms. The van der Waals surface area contributed by atoms with Crippen molar-refractivity contribution in [2.45, 2.75) is 19.8 Å². The molecule has 1 aliphatic rings. The molecule has 0 saturated heterocycles. The lowest BCUT2D eigenvalue weighted by Crippen LogP contribution is -2.15. The van der Waals surface area contributed by atoms with Gasteiger partial charge in [-0.05, 0) is 42.5 Å². The number of hydrogen-bond acceptors (Lipinski definition) is 2. The van der Waals surface area contributed by atoms with Gasteiger partial charge < -0.3 is 4.42 Å². The van der Waals surface area contributed by atoms with Gasteiger partial charge in [0.05, 0.1) is 0 Å². The molecule has 0 saturated carbocycles. The minimum Gasteiger partial charge on any atom is -0.428 e. The zero-order chi connectivity index (χ0) is 11.1. The first-order valence-electron chi connectivity index (χ1n) is 5.47. The average molecular weight is 212 g/mol. The van der Waals surface area contributed by atoms with Crippen LogP contribution in [0, 0.1) is 6.92 Å². The highest BCUT2D eigenvalue weighted by Gasteiger charge is 2.19. The summed E-state index contributed by atoms with van der Waals surface area (Å²) in [6.07, 6.45) is 1.71. The normalized spacial score (nSPS) is 13.1. The summed E-state index contributed by atoms with van der Waals surface area (Å²) in [5, 5.41) is 0. The lowest BCUT2D eigenvalue weighted by molar-refractivity contribution is 0.472. The van der Waals surface area contributed by atoms with Crippen LogP contribution in [0.4, 0.5) is 0 Å². The Morgan fingerprint density at radius 3 is 2.81 bits per heavy atom. The molecule has 0 aliphatic heterocycles. The molecule has 1 aliphatic carbocycles. The minimum absolute atomic E-state index is 0.176. The fourth-order valence-electron chi connectivity index (χ4n) is 2.38. The highest BCUT2D eigenvalue weighted by atomic mass is 16.4. The van der Waals surface area contributed by atoms with E-state index in [1.165, 1.54) is 11.1 Å². The SMILES string of the molecule is Cc1cc2c(c(=O)o1)CCc1ccccc1-2. The van der Waals surface area contributed by atoms with Crippen LogP contribution in [0.5, 0.6) is 0 Å². The fraction of sp³-hybridized carbons (Fsp3) is 0.214. The number of aryl methyl sites for hydroxylation is 2. The molecule has 2 aromatic rings. The van der Waals surface area contributed by atoms with Crippen molar-refractivity contribution < 1.29 is 4.42 Å². The van der Waals surface area contributed by atoms with Crippen LogP contribution in [0.15, 0.2) is 39.5 Å². The Hall–Kier alpha value is -1.83. The first-order valence-corrected chi connectivity index (χ1v) is 5.47. The van der Waals surface area contributed by atoms with Crippen LogP contribution in [-0.4, -0.2) is 0 Å². The van der Waals surface area contributed by atoms with Crippen molar-refractivity contribution in [2.24, 2.45) is 0 Å². The van der Waals surface area contributed by atoms with Gasteiger partial charge in [-0.25, -0.2) is 4.79 Å². The Morgan fingerprint density at radius 2 is 1.94 bits per heavy atom. The van der Waals surface area contributed by atoms with E-state index in [-0.39, 0.29) is 5.63 Å². The monoisotopic (exact) mass is 212 g/mol. The second-order valence-corrected chi connectivity index (χ2v) is 4.19. The molecule has 1 heterocycles. The summed E-state index contributed by atoms with van der Waals surface area (Å²) in [6.45, 7) is 1.82. The van der Waals surface area contributed by atoms with Crippen molar-refractivity contribution in [3.05, 3.63) is 57.6 Å². The van der Waals surface area contributed by atoms with E-state index >= 15 is 0 Å². The summed E-state index contributed by atoms with van der Waals surface area (Å²) >= 11 is 0. The van der Waals surface area contributed by atoms with Crippen LogP contribution in [0.25, 0.3) is 11.1 Å². The van der Waals surface area contributed by atoms with E-state index in [2.05, 4.69) is 12.1 Å². The molecular formula is C14H12O2. The maximum atomic E-state index is 11.7. The van der Waals surface area contributed by atoms with Crippen molar-refractivity contribution in [1.29, 1.82) is 0 Å². The van der Waals surface area contributed by atoms with Gasteiger partial charge in [0, 0.05) is 5.56 Å². The summed E-state index contributed by atoms with van der Waals surface area (Å²) in [6, 6.07) is 10.2. The van der Waals surface area contributed by atoms with E-state index in [1.54, 1.807) is 0 Å². The molecule has 80 valence electrons. The van der Waals surface area contributed by atoms with E-state index < -0.39 is 0 Å². The quantitative estimate of drug-likeness (QED) is 0.672. The highest BCUT2D eigenvalue weighted by Crippen LogP contribution is 2.31. The third kappa shape index (κ3) is 1.30. The second-order valence-electron chi connectivity index (χ2n) is 4.19. The van der Waals surface area contributed by atoms with E-state index in [4.69, 9.17) is 4.42 Å². The van der Waals surface area contributed by atoms with Gasteiger partial charge in [0.25, 0.3) is 0 Å². The zero-order valence-corrected chi connectivity index (χ0v) is 9.12. The topological polar surface area (TPSA) is 30.2 Å². The van der Waals surface area contributed by atoms with Gasteiger partial charge in [-0.3, -0.25) is 0 Å². The zero-order valence-electron chi connectivity index (χ0n) is 9.12. The van der Waals surface area contributed by atoms with Crippen LogP contribution < -0.4 is 5.63 Å². The van der Waals surface area contributed by atoms with Crippen molar-refractivity contribution in [2.75, 3.05) is 0 Å². The number of rotatable bonds is 0. The minimum atomic E-state index is -0.176. The van der Waals surface area contributed by atoms with Crippen LogP contribution >= 0.6 is 0 Å². The second kappa shape index (κ2) is 3.34. The number of fused-ring (bicyclic) bond motifs is 3. The fourth-order valence-corrected chi connectivity index (χ4v) is 2.38. The van der Waals surface area contributed by atoms with Crippen LogP contribution in [-0.2, 0) is 12.8 Å². The van der Waals surface area contributed by atoms with Crippen LogP contribution in [0.2, 0.25) is 0 Å². The summed E-state index contributed by atoms with van der Waals surface area (Å²) in [5.41, 5.74) is 4.20. The van der Waals surface area contributed by atoms with Crippen molar-refractivity contribution in [3.63, 3.8) is 0 Å². The van der Waals surface area contributed by atoms with Gasteiger partial charge in [-0.2, -0.15) is 0 Å². The standard InChI is InChI=1S/C14H12O2/c1-9-8-13-11-5-3-2-4-10(11)6-7-12(13)14(15)16-9/h2-5,8H,6-7H2,1H3. The summed E-state index contributed by atoms with van der Waals surface area (Å²) in [7, 11) is 0. The molecule has 3 rings (SSSR count). The lowest BCUT2D eigenvalue weighted by Gasteiger charge is -2.18. The Kier molecular flexibility index (Phi) is 1.96. The Bertz CT molecular complexity index is 608. The molecule has 0 bridgehead atoms.